The van der Waals surface area contributed by atoms with Crippen LogP contribution in [0, 0.1) is 0 Å². The quantitative estimate of drug-likeness (QED) is 0.467. The zero-order valence-electron chi connectivity index (χ0n) is 10.8. The molecule has 0 aromatic heterocycles. The van der Waals surface area contributed by atoms with Gasteiger partial charge in [0.15, 0.2) is 0 Å². The molecule has 7 nitrogen and oxygen atoms in total. The van der Waals surface area contributed by atoms with E-state index in [9.17, 15) is 13.2 Å². The number of methoxy groups -OCH3 is 1. The van der Waals surface area contributed by atoms with Crippen molar-refractivity contribution < 1.29 is 17.9 Å². The summed E-state index contributed by atoms with van der Waals surface area (Å²) in [6, 6.07) is 4.21. The van der Waals surface area contributed by atoms with Gasteiger partial charge in [-0.15, -0.1) is 0 Å². The summed E-state index contributed by atoms with van der Waals surface area (Å²) in [6.45, 7) is 0.349. The van der Waals surface area contributed by atoms with Crippen LogP contribution in [0.5, 0.6) is 0 Å². The number of benzene rings is 1. The van der Waals surface area contributed by atoms with Crippen molar-refractivity contribution in [2.75, 3.05) is 32.5 Å². The Bertz CT molecular complexity index is 577. The molecule has 0 unspecified atom stereocenters. The summed E-state index contributed by atoms with van der Waals surface area (Å²) in [4.78, 5) is 11.4. The van der Waals surface area contributed by atoms with E-state index in [0.717, 1.165) is 0 Å². The molecule has 0 saturated heterocycles. The number of amides is 1. The summed E-state index contributed by atoms with van der Waals surface area (Å²) in [6.07, 6.45) is 0. The van der Waals surface area contributed by atoms with Gasteiger partial charge in [0.25, 0.3) is 0 Å². The van der Waals surface area contributed by atoms with Gasteiger partial charge in [-0.3, -0.25) is 4.79 Å². The fourth-order valence-corrected chi connectivity index (χ4v) is 2.81. The fourth-order valence-electron chi connectivity index (χ4n) is 1.27. The molecule has 0 spiro atoms. The molecule has 1 rings (SSSR count). The Morgan fingerprint density at radius 3 is 2.75 bits per heavy atom. The van der Waals surface area contributed by atoms with Crippen molar-refractivity contribution >= 4 is 37.5 Å². The molecule has 112 valence electrons. The van der Waals surface area contributed by atoms with Crippen LogP contribution in [0.15, 0.2) is 27.6 Å². The molecule has 0 fully saturated rings. The Kier molecular flexibility index (Phi) is 6.40. The van der Waals surface area contributed by atoms with Crippen molar-refractivity contribution in [2.45, 2.75) is 4.90 Å². The molecule has 0 radical (unpaired) electrons. The van der Waals surface area contributed by atoms with Crippen LogP contribution in [0.25, 0.3) is 0 Å². The van der Waals surface area contributed by atoms with Crippen molar-refractivity contribution in [3.63, 3.8) is 0 Å². The fraction of sp³-hybridized carbons (Fsp3) is 0.364. The lowest BCUT2D eigenvalue weighted by atomic mass is 10.3. The monoisotopic (exact) mass is 365 g/mol. The molecule has 1 aromatic carbocycles. The Labute approximate surface area is 126 Å². The number of hydrogen-bond acceptors (Lipinski definition) is 5. The summed E-state index contributed by atoms with van der Waals surface area (Å²) in [7, 11) is -2.25. The van der Waals surface area contributed by atoms with Gasteiger partial charge in [0, 0.05) is 23.8 Å². The van der Waals surface area contributed by atoms with Crippen molar-refractivity contribution in [1.29, 1.82) is 0 Å². The van der Waals surface area contributed by atoms with Gasteiger partial charge in [0.2, 0.25) is 15.9 Å². The predicted molar refractivity (Wildman–Crippen MR) is 78.6 cm³/mol. The average molecular weight is 366 g/mol. The summed E-state index contributed by atoms with van der Waals surface area (Å²) in [5.41, 5.74) is 6.02. The maximum atomic E-state index is 12.0. The summed E-state index contributed by atoms with van der Waals surface area (Å²) >= 11 is 3.15. The normalized spacial score (nSPS) is 11.3. The van der Waals surface area contributed by atoms with Gasteiger partial charge < -0.3 is 15.8 Å². The lowest BCUT2D eigenvalue weighted by molar-refractivity contribution is -0.120. The van der Waals surface area contributed by atoms with Crippen LogP contribution >= 0.6 is 15.9 Å². The van der Waals surface area contributed by atoms with Gasteiger partial charge in [-0.2, -0.15) is 0 Å². The number of anilines is 1. The summed E-state index contributed by atoms with van der Waals surface area (Å²) < 4.78 is 31.3. The minimum absolute atomic E-state index is 0.0308. The summed E-state index contributed by atoms with van der Waals surface area (Å²) in [5, 5.41) is 2.51. The van der Waals surface area contributed by atoms with Crippen LogP contribution in [0.4, 0.5) is 5.69 Å². The van der Waals surface area contributed by atoms with Crippen LogP contribution in [-0.4, -0.2) is 41.1 Å². The van der Waals surface area contributed by atoms with Crippen LogP contribution in [0.3, 0.4) is 0 Å². The molecule has 1 amide bonds. The maximum absolute atomic E-state index is 12.0. The molecule has 0 heterocycles. The first kappa shape index (κ1) is 16.9. The molecule has 9 heteroatoms. The third-order valence-corrected chi connectivity index (χ3v) is 4.42. The molecule has 0 aliphatic heterocycles. The number of hydrogen-bond donors (Lipinski definition) is 3. The van der Waals surface area contributed by atoms with Crippen molar-refractivity contribution in [2.24, 2.45) is 0 Å². The van der Waals surface area contributed by atoms with Crippen LogP contribution in [0.2, 0.25) is 0 Å². The predicted octanol–water partition coefficient (Wildman–Crippen LogP) is 0.0722. The topological polar surface area (TPSA) is 111 Å². The van der Waals surface area contributed by atoms with E-state index in [-0.39, 0.29) is 11.4 Å². The molecular formula is C11H16BrN3O4S. The second-order valence-electron chi connectivity index (χ2n) is 3.85. The highest BCUT2D eigenvalue weighted by Gasteiger charge is 2.16. The number of nitrogens with two attached hydrogens (primary N) is 1. The molecular weight excluding hydrogens is 350 g/mol. The second kappa shape index (κ2) is 7.58. The van der Waals surface area contributed by atoms with Crippen molar-refractivity contribution in [3.05, 3.63) is 22.7 Å². The first-order valence-corrected chi connectivity index (χ1v) is 7.95. The van der Waals surface area contributed by atoms with E-state index in [1.807, 2.05) is 0 Å². The molecule has 0 aliphatic rings. The average Bonchev–Trinajstić information content (AvgIpc) is 2.40. The van der Waals surface area contributed by atoms with Gasteiger partial charge in [0.1, 0.15) is 0 Å². The highest BCUT2D eigenvalue weighted by Crippen LogP contribution is 2.22. The zero-order valence-corrected chi connectivity index (χ0v) is 13.3. The first-order valence-electron chi connectivity index (χ1n) is 5.67. The van der Waals surface area contributed by atoms with Crippen LogP contribution in [0.1, 0.15) is 0 Å². The Hall–Kier alpha value is -1.16. The Morgan fingerprint density at radius 1 is 1.45 bits per heavy atom. The SMILES string of the molecule is COCCNC(=O)CNS(=O)(=O)c1ccc(N)c(Br)c1. The van der Waals surface area contributed by atoms with Crippen molar-refractivity contribution in [3.8, 4) is 0 Å². The number of nitrogen functional groups attached to an aromatic ring is 1. The molecule has 4 N–H and O–H groups in total. The van der Waals surface area contributed by atoms with Crippen molar-refractivity contribution in [1.82, 2.24) is 10.0 Å². The molecule has 0 aliphatic carbocycles. The zero-order chi connectivity index (χ0) is 15.2. The number of ether oxygens (including phenoxy) is 1. The van der Waals surface area contributed by atoms with Crippen LogP contribution < -0.4 is 15.8 Å². The van der Waals surface area contributed by atoms with Gasteiger partial charge in [-0.25, -0.2) is 13.1 Å². The molecule has 0 atom stereocenters. The number of carbonyl (C=O) groups excluding carboxylic acids is 1. The van der Waals surface area contributed by atoms with E-state index in [0.29, 0.717) is 23.3 Å². The number of sulfonamides is 1. The molecule has 0 bridgehead atoms. The number of nitrogens with one attached hydrogen (secondary N) is 2. The van der Waals surface area contributed by atoms with E-state index in [4.69, 9.17) is 10.5 Å². The van der Waals surface area contributed by atoms with Gasteiger partial charge in [-0.05, 0) is 34.1 Å². The van der Waals surface area contributed by atoms with E-state index in [1.165, 1.54) is 25.3 Å². The smallest absolute Gasteiger partial charge is 0.241 e. The first-order chi connectivity index (χ1) is 9.36. The standard InChI is InChI=1S/C11H16BrN3O4S/c1-19-5-4-14-11(16)7-15-20(17,18)8-2-3-10(13)9(12)6-8/h2-3,6,15H,4-5,7,13H2,1H3,(H,14,16). The van der Waals surface area contributed by atoms with E-state index in [1.54, 1.807) is 0 Å². The number of carbonyl (C=O) groups is 1. The molecule has 20 heavy (non-hydrogen) atoms. The van der Waals surface area contributed by atoms with Gasteiger partial charge >= 0.3 is 0 Å². The Balaban J connectivity index is 2.61. The minimum atomic E-state index is -3.75. The van der Waals surface area contributed by atoms with E-state index >= 15 is 0 Å². The highest BCUT2D eigenvalue weighted by atomic mass is 79.9. The summed E-state index contributed by atoms with van der Waals surface area (Å²) in [5.74, 6) is -0.430. The maximum Gasteiger partial charge on any atom is 0.241 e. The Morgan fingerprint density at radius 2 is 2.15 bits per heavy atom. The lowest BCUT2D eigenvalue weighted by Crippen LogP contribution is -2.38. The lowest BCUT2D eigenvalue weighted by Gasteiger charge is -2.08. The molecule has 0 saturated carbocycles. The molecule has 1 aromatic rings. The largest absolute Gasteiger partial charge is 0.398 e. The highest BCUT2D eigenvalue weighted by molar-refractivity contribution is 9.10. The number of rotatable bonds is 7. The van der Waals surface area contributed by atoms with Crippen LogP contribution in [-0.2, 0) is 19.6 Å². The van der Waals surface area contributed by atoms with E-state index in [2.05, 4.69) is 26.0 Å². The van der Waals surface area contributed by atoms with E-state index < -0.39 is 15.9 Å². The third-order valence-electron chi connectivity index (χ3n) is 2.33. The second-order valence-corrected chi connectivity index (χ2v) is 6.47. The van der Waals surface area contributed by atoms with Gasteiger partial charge in [0.05, 0.1) is 18.0 Å². The third kappa shape index (κ3) is 5.08. The minimum Gasteiger partial charge on any atom is -0.398 e. The van der Waals surface area contributed by atoms with Gasteiger partial charge in [-0.1, -0.05) is 0 Å². The number of halogens is 1.